The Hall–Kier alpha value is -1.62. The Labute approximate surface area is 103 Å². The molecule has 1 aromatic rings. The van der Waals surface area contributed by atoms with Crippen LogP contribution in [0.15, 0.2) is 24.3 Å². The summed E-state index contributed by atoms with van der Waals surface area (Å²) in [7, 11) is 0. The van der Waals surface area contributed by atoms with Crippen molar-refractivity contribution in [3.8, 4) is 6.07 Å². The summed E-state index contributed by atoms with van der Waals surface area (Å²) in [5, 5.41) is 9.08. The molecule has 1 atom stereocenters. The van der Waals surface area contributed by atoms with Gasteiger partial charge in [0.2, 0.25) is 0 Å². The van der Waals surface area contributed by atoms with Crippen LogP contribution in [0.1, 0.15) is 56.6 Å². The number of hydrogen-bond donors (Lipinski definition) is 0. The lowest BCUT2D eigenvalue weighted by molar-refractivity contribution is -0.119. The van der Waals surface area contributed by atoms with E-state index in [1.807, 2.05) is 31.2 Å². The number of benzene rings is 1. The number of carbonyl (C=O) groups is 1. The van der Waals surface area contributed by atoms with Crippen molar-refractivity contribution in [2.75, 3.05) is 0 Å². The van der Waals surface area contributed by atoms with Gasteiger partial charge in [-0.15, -0.1) is 0 Å². The van der Waals surface area contributed by atoms with Crippen LogP contribution in [0.2, 0.25) is 0 Å². The normalized spacial score (nSPS) is 12.2. The summed E-state index contributed by atoms with van der Waals surface area (Å²) in [6.45, 7) is 6.20. The Morgan fingerprint density at radius 1 is 1.24 bits per heavy atom. The molecule has 1 aromatic carbocycles. The van der Waals surface area contributed by atoms with E-state index in [0.717, 1.165) is 12.0 Å². The van der Waals surface area contributed by atoms with E-state index in [1.54, 1.807) is 0 Å². The number of carbonyl (C=O) groups excluding carboxylic acids is 1. The van der Waals surface area contributed by atoms with E-state index in [-0.39, 0.29) is 5.78 Å². The fraction of sp³-hybridized carbons (Fsp3) is 0.467. The number of Topliss-reactive ketones (excluding diaryl/α,β-unsaturated/α-hetero) is 1. The fourth-order valence-corrected chi connectivity index (χ4v) is 1.80. The second-order valence-electron chi connectivity index (χ2n) is 4.60. The smallest absolute Gasteiger partial charge is 0.154 e. The van der Waals surface area contributed by atoms with Gasteiger partial charge in [0.25, 0.3) is 0 Å². The van der Waals surface area contributed by atoms with Gasteiger partial charge < -0.3 is 0 Å². The molecule has 17 heavy (non-hydrogen) atoms. The van der Waals surface area contributed by atoms with Gasteiger partial charge in [-0.05, 0) is 23.5 Å². The molecule has 0 heterocycles. The molecule has 90 valence electrons. The van der Waals surface area contributed by atoms with Crippen molar-refractivity contribution in [2.24, 2.45) is 0 Å². The molecule has 0 fully saturated rings. The zero-order valence-electron chi connectivity index (χ0n) is 10.7. The minimum absolute atomic E-state index is 0.0206. The highest BCUT2D eigenvalue weighted by Crippen LogP contribution is 2.21. The summed E-state index contributed by atoms with van der Waals surface area (Å²) < 4.78 is 0. The molecular weight excluding hydrogens is 210 g/mol. The summed E-state index contributed by atoms with van der Waals surface area (Å²) in [6, 6.07) is 9.91. The molecule has 0 aliphatic rings. The predicted octanol–water partition coefficient (Wildman–Crippen LogP) is 3.79. The molecule has 0 amide bonds. The third-order valence-corrected chi connectivity index (χ3v) is 2.88. The summed E-state index contributed by atoms with van der Waals surface area (Å²) in [4.78, 5) is 11.8. The number of hydrogen-bond acceptors (Lipinski definition) is 2. The van der Waals surface area contributed by atoms with Crippen molar-refractivity contribution >= 4 is 5.78 Å². The minimum atomic E-state index is -0.601. The van der Waals surface area contributed by atoms with Gasteiger partial charge in [0.1, 0.15) is 5.92 Å². The number of ketones is 1. The molecule has 0 spiro atoms. The molecular formula is C15H19NO. The van der Waals surface area contributed by atoms with Gasteiger partial charge in [-0.25, -0.2) is 0 Å². The fourth-order valence-electron chi connectivity index (χ4n) is 1.80. The number of nitriles is 1. The monoisotopic (exact) mass is 229 g/mol. The number of rotatable bonds is 5. The quantitative estimate of drug-likeness (QED) is 0.770. The van der Waals surface area contributed by atoms with Crippen LogP contribution in [-0.2, 0) is 4.79 Å². The SMILES string of the molecule is CCCC(=O)C(C#N)c1ccc(C(C)C)cc1. The van der Waals surface area contributed by atoms with Gasteiger partial charge in [-0.3, -0.25) is 4.79 Å². The molecule has 0 aromatic heterocycles. The number of nitrogens with zero attached hydrogens (tertiary/aromatic N) is 1. The Balaban J connectivity index is 2.91. The van der Waals surface area contributed by atoms with Gasteiger partial charge in [0.05, 0.1) is 6.07 Å². The van der Waals surface area contributed by atoms with Crippen LogP contribution in [0.4, 0.5) is 0 Å². The van der Waals surface area contributed by atoms with Crippen LogP contribution < -0.4 is 0 Å². The van der Waals surface area contributed by atoms with Gasteiger partial charge in [-0.2, -0.15) is 5.26 Å². The molecule has 0 radical (unpaired) electrons. The zero-order chi connectivity index (χ0) is 12.8. The van der Waals surface area contributed by atoms with Gasteiger partial charge >= 0.3 is 0 Å². The Morgan fingerprint density at radius 3 is 2.18 bits per heavy atom. The third kappa shape index (κ3) is 3.42. The van der Waals surface area contributed by atoms with Crippen LogP contribution >= 0.6 is 0 Å². The maximum atomic E-state index is 11.8. The van der Waals surface area contributed by atoms with Crippen LogP contribution in [0.5, 0.6) is 0 Å². The maximum Gasteiger partial charge on any atom is 0.154 e. The van der Waals surface area contributed by atoms with E-state index in [2.05, 4.69) is 19.9 Å². The van der Waals surface area contributed by atoms with E-state index < -0.39 is 5.92 Å². The molecule has 0 saturated heterocycles. The largest absolute Gasteiger partial charge is 0.298 e. The van der Waals surface area contributed by atoms with E-state index in [9.17, 15) is 4.79 Å². The first kappa shape index (κ1) is 13.4. The molecule has 0 bridgehead atoms. The first-order valence-electron chi connectivity index (χ1n) is 6.12. The van der Waals surface area contributed by atoms with Crippen molar-refractivity contribution in [1.29, 1.82) is 5.26 Å². The second kappa shape index (κ2) is 6.20. The molecule has 2 heteroatoms. The van der Waals surface area contributed by atoms with E-state index in [0.29, 0.717) is 12.3 Å². The first-order valence-corrected chi connectivity index (χ1v) is 6.12. The molecule has 0 aliphatic carbocycles. The van der Waals surface area contributed by atoms with Crippen LogP contribution in [0.25, 0.3) is 0 Å². The minimum Gasteiger partial charge on any atom is -0.298 e. The van der Waals surface area contributed by atoms with Crippen LogP contribution in [0, 0.1) is 11.3 Å². The second-order valence-corrected chi connectivity index (χ2v) is 4.60. The molecule has 1 unspecified atom stereocenters. The maximum absolute atomic E-state index is 11.8. The predicted molar refractivity (Wildman–Crippen MR) is 68.8 cm³/mol. The zero-order valence-corrected chi connectivity index (χ0v) is 10.7. The lowest BCUT2D eigenvalue weighted by atomic mass is 9.91. The average molecular weight is 229 g/mol. The van der Waals surface area contributed by atoms with Gasteiger partial charge in [-0.1, -0.05) is 45.0 Å². The topological polar surface area (TPSA) is 40.9 Å². The summed E-state index contributed by atoms with van der Waals surface area (Å²) in [6.07, 6.45) is 1.27. The summed E-state index contributed by atoms with van der Waals surface area (Å²) >= 11 is 0. The molecule has 2 nitrogen and oxygen atoms in total. The molecule has 0 saturated carbocycles. The molecule has 1 rings (SSSR count). The standard InChI is InChI=1S/C15H19NO/c1-4-5-15(17)14(10-16)13-8-6-12(7-9-13)11(2)3/h6-9,11,14H,4-5H2,1-3H3. The Bertz CT molecular complexity index is 412. The van der Waals surface area contributed by atoms with Crippen molar-refractivity contribution < 1.29 is 4.79 Å². The lowest BCUT2D eigenvalue weighted by Crippen LogP contribution is -2.10. The van der Waals surface area contributed by atoms with E-state index in [4.69, 9.17) is 5.26 Å². The lowest BCUT2D eigenvalue weighted by Gasteiger charge is -2.10. The molecule has 0 aliphatic heterocycles. The summed E-state index contributed by atoms with van der Waals surface area (Å²) in [5.41, 5.74) is 2.05. The molecule has 0 N–H and O–H groups in total. The highest BCUT2D eigenvalue weighted by Gasteiger charge is 2.18. The third-order valence-electron chi connectivity index (χ3n) is 2.88. The first-order chi connectivity index (χ1) is 8.10. The van der Waals surface area contributed by atoms with Gasteiger partial charge in [0, 0.05) is 6.42 Å². The Morgan fingerprint density at radius 2 is 1.76 bits per heavy atom. The van der Waals surface area contributed by atoms with Crippen molar-refractivity contribution in [1.82, 2.24) is 0 Å². The van der Waals surface area contributed by atoms with Crippen molar-refractivity contribution in [3.05, 3.63) is 35.4 Å². The van der Waals surface area contributed by atoms with Gasteiger partial charge in [0.15, 0.2) is 5.78 Å². The van der Waals surface area contributed by atoms with Crippen molar-refractivity contribution in [3.63, 3.8) is 0 Å². The van der Waals surface area contributed by atoms with E-state index in [1.165, 1.54) is 5.56 Å². The average Bonchev–Trinajstić information content (AvgIpc) is 2.31. The Kier molecular flexibility index (Phi) is 4.90. The van der Waals surface area contributed by atoms with E-state index >= 15 is 0 Å². The highest BCUT2D eigenvalue weighted by atomic mass is 16.1. The van der Waals surface area contributed by atoms with Crippen molar-refractivity contribution in [2.45, 2.75) is 45.4 Å². The van der Waals surface area contributed by atoms with Crippen LogP contribution in [0.3, 0.4) is 0 Å². The highest BCUT2D eigenvalue weighted by molar-refractivity contribution is 5.88. The van der Waals surface area contributed by atoms with Crippen LogP contribution in [-0.4, -0.2) is 5.78 Å². The summed E-state index contributed by atoms with van der Waals surface area (Å²) in [5.74, 6) is -0.112.